The predicted molar refractivity (Wildman–Crippen MR) is 110 cm³/mol. The maximum atomic E-state index is 13.1. The fraction of sp³-hybridized carbons (Fsp3) is 0.545. The minimum Gasteiger partial charge on any atom is -0.472 e. The lowest BCUT2D eigenvalue weighted by atomic mass is 10.0. The third kappa shape index (κ3) is 4.34. The van der Waals surface area contributed by atoms with Crippen LogP contribution in [0.15, 0.2) is 41.6 Å². The maximum Gasteiger partial charge on any atom is 0.416 e. The standard InChI is InChI=1S/C22H24F3N3O3S/c23-22(24,25)15-2-1-3-18(8-15)32(29,30)19-6-7-28-13-17(9-16(28)10-19)31-21-12-26-20(11-27-21)14-4-5-14/h1-3,8,11-12,14,16-17,19H,4-7,9-10,13H2/t16-,17+,19?/m0/s1. The van der Waals surface area contributed by atoms with Gasteiger partial charge < -0.3 is 4.74 Å². The van der Waals surface area contributed by atoms with Gasteiger partial charge in [-0.2, -0.15) is 13.2 Å². The van der Waals surface area contributed by atoms with Crippen molar-refractivity contribution < 1.29 is 26.3 Å². The van der Waals surface area contributed by atoms with Gasteiger partial charge in [0.05, 0.1) is 33.8 Å². The van der Waals surface area contributed by atoms with Crippen molar-refractivity contribution in [2.75, 3.05) is 13.1 Å². The molecule has 5 rings (SSSR count). The summed E-state index contributed by atoms with van der Waals surface area (Å²) < 4.78 is 71.3. The zero-order valence-electron chi connectivity index (χ0n) is 17.3. The van der Waals surface area contributed by atoms with E-state index in [0.29, 0.717) is 44.1 Å². The van der Waals surface area contributed by atoms with Crippen LogP contribution in [0.4, 0.5) is 13.2 Å². The number of alkyl halides is 3. The summed E-state index contributed by atoms with van der Waals surface area (Å²) in [5.41, 5.74) is 0.0444. The van der Waals surface area contributed by atoms with E-state index >= 15 is 0 Å². The average Bonchev–Trinajstić information content (AvgIpc) is 3.53. The Balaban J connectivity index is 1.24. The number of rotatable bonds is 5. The van der Waals surface area contributed by atoms with E-state index in [-0.39, 0.29) is 17.0 Å². The van der Waals surface area contributed by atoms with E-state index in [1.54, 1.807) is 12.4 Å². The molecule has 0 radical (unpaired) electrons. The molecule has 2 aromatic rings. The molecule has 1 aliphatic carbocycles. The lowest BCUT2D eigenvalue weighted by molar-refractivity contribution is -0.137. The number of benzene rings is 1. The normalized spacial score (nSPS) is 26.7. The molecule has 3 heterocycles. The third-order valence-electron chi connectivity index (χ3n) is 6.62. The van der Waals surface area contributed by atoms with Crippen LogP contribution in [-0.4, -0.2) is 53.8 Å². The molecule has 2 aliphatic heterocycles. The van der Waals surface area contributed by atoms with Gasteiger partial charge in [-0.25, -0.2) is 13.4 Å². The summed E-state index contributed by atoms with van der Waals surface area (Å²) >= 11 is 0. The quantitative estimate of drug-likeness (QED) is 0.666. The van der Waals surface area contributed by atoms with Crippen molar-refractivity contribution in [1.82, 2.24) is 14.9 Å². The van der Waals surface area contributed by atoms with Crippen LogP contribution in [0.3, 0.4) is 0 Å². The number of aromatic nitrogens is 2. The summed E-state index contributed by atoms with van der Waals surface area (Å²) in [5.74, 6) is 0.986. The van der Waals surface area contributed by atoms with Crippen LogP contribution in [0.5, 0.6) is 5.88 Å². The molecule has 3 atom stereocenters. The second kappa shape index (κ2) is 7.98. The largest absolute Gasteiger partial charge is 0.472 e. The van der Waals surface area contributed by atoms with Gasteiger partial charge in [0.1, 0.15) is 6.10 Å². The summed E-state index contributed by atoms with van der Waals surface area (Å²) in [4.78, 5) is 10.7. The van der Waals surface area contributed by atoms with E-state index in [1.165, 1.54) is 6.07 Å². The molecule has 1 unspecified atom stereocenters. The Morgan fingerprint density at radius 1 is 1.06 bits per heavy atom. The molecule has 0 bridgehead atoms. The molecule has 3 aliphatic rings. The highest BCUT2D eigenvalue weighted by atomic mass is 32.2. The maximum absolute atomic E-state index is 13.1. The first-order valence-electron chi connectivity index (χ1n) is 10.8. The number of sulfone groups is 1. The Kier molecular flexibility index (Phi) is 5.40. The molecule has 10 heteroatoms. The Morgan fingerprint density at radius 3 is 2.56 bits per heavy atom. The minimum atomic E-state index is -4.58. The molecular weight excluding hydrogens is 443 g/mol. The Labute approximate surface area is 184 Å². The summed E-state index contributed by atoms with van der Waals surface area (Å²) in [7, 11) is -3.86. The summed E-state index contributed by atoms with van der Waals surface area (Å²) in [5, 5.41) is -0.705. The highest BCUT2D eigenvalue weighted by molar-refractivity contribution is 7.92. The van der Waals surface area contributed by atoms with E-state index in [1.807, 2.05) is 0 Å². The minimum absolute atomic E-state index is 0.0121. The van der Waals surface area contributed by atoms with Gasteiger partial charge in [-0.1, -0.05) is 6.07 Å². The first-order chi connectivity index (χ1) is 15.2. The molecule has 0 spiro atoms. The molecule has 2 saturated heterocycles. The van der Waals surface area contributed by atoms with Crippen molar-refractivity contribution >= 4 is 9.84 Å². The molecule has 172 valence electrons. The highest BCUT2D eigenvalue weighted by Crippen LogP contribution is 2.39. The van der Waals surface area contributed by atoms with E-state index in [9.17, 15) is 21.6 Å². The molecule has 0 amide bonds. The molecule has 1 aromatic heterocycles. The highest BCUT2D eigenvalue weighted by Gasteiger charge is 2.42. The van der Waals surface area contributed by atoms with Gasteiger partial charge in [0.15, 0.2) is 9.84 Å². The van der Waals surface area contributed by atoms with Crippen molar-refractivity contribution in [3.63, 3.8) is 0 Å². The van der Waals surface area contributed by atoms with Crippen molar-refractivity contribution in [1.29, 1.82) is 0 Å². The predicted octanol–water partition coefficient (Wildman–Crippen LogP) is 3.83. The first-order valence-corrected chi connectivity index (χ1v) is 12.4. The zero-order chi connectivity index (χ0) is 22.5. The van der Waals surface area contributed by atoms with Crippen LogP contribution in [0.2, 0.25) is 0 Å². The lowest BCUT2D eigenvalue weighted by Gasteiger charge is -2.34. The van der Waals surface area contributed by atoms with Crippen molar-refractivity contribution in [3.8, 4) is 5.88 Å². The monoisotopic (exact) mass is 467 g/mol. The summed E-state index contributed by atoms with van der Waals surface area (Å²) in [6, 6.07) is 4.05. The first kappa shape index (κ1) is 21.6. The van der Waals surface area contributed by atoms with Crippen molar-refractivity contribution in [2.24, 2.45) is 0 Å². The van der Waals surface area contributed by atoms with E-state index in [4.69, 9.17) is 4.74 Å². The van der Waals surface area contributed by atoms with E-state index < -0.39 is 26.8 Å². The van der Waals surface area contributed by atoms with Crippen LogP contribution in [0, 0.1) is 0 Å². The van der Waals surface area contributed by atoms with Crippen LogP contribution < -0.4 is 4.74 Å². The van der Waals surface area contributed by atoms with Gasteiger partial charge in [-0.15, -0.1) is 0 Å². The van der Waals surface area contributed by atoms with Crippen molar-refractivity contribution in [3.05, 3.63) is 47.9 Å². The second-order valence-corrected chi connectivity index (χ2v) is 11.1. The van der Waals surface area contributed by atoms with Crippen LogP contribution in [-0.2, 0) is 16.0 Å². The number of hydrogen-bond acceptors (Lipinski definition) is 6. The molecule has 0 N–H and O–H groups in total. The van der Waals surface area contributed by atoms with Crippen LogP contribution in [0.25, 0.3) is 0 Å². The number of ether oxygens (including phenoxy) is 1. The Hall–Kier alpha value is -2.20. The fourth-order valence-electron chi connectivity index (χ4n) is 4.74. The molecule has 6 nitrogen and oxygen atoms in total. The Bertz CT molecular complexity index is 1090. The van der Waals surface area contributed by atoms with Crippen LogP contribution >= 0.6 is 0 Å². The van der Waals surface area contributed by atoms with Gasteiger partial charge >= 0.3 is 6.18 Å². The van der Waals surface area contributed by atoms with Gasteiger partial charge in [0.2, 0.25) is 5.88 Å². The number of halogens is 3. The van der Waals surface area contributed by atoms with Gasteiger partial charge in [-0.05, 0) is 50.4 Å². The second-order valence-electron chi connectivity index (χ2n) is 8.90. The summed E-state index contributed by atoms with van der Waals surface area (Å²) in [6.45, 7) is 1.24. The van der Waals surface area contributed by atoms with E-state index in [2.05, 4.69) is 14.9 Å². The van der Waals surface area contributed by atoms with Gasteiger partial charge in [0, 0.05) is 24.9 Å². The topological polar surface area (TPSA) is 72.4 Å². The number of piperidine rings is 1. The third-order valence-corrected chi connectivity index (χ3v) is 8.84. The SMILES string of the molecule is O=S(=O)(c1cccc(C(F)(F)F)c1)C1CCN2C[C@H](Oc3cnc(C4CC4)cn3)C[C@H]2C1. The lowest BCUT2D eigenvalue weighted by Crippen LogP contribution is -2.43. The molecule has 3 fully saturated rings. The Morgan fingerprint density at radius 2 is 1.88 bits per heavy atom. The van der Waals surface area contributed by atoms with Crippen LogP contribution in [0.1, 0.15) is 49.3 Å². The summed E-state index contributed by atoms with van der Waals surface area (Å²) in [6.07, 6.45) is 2.43. The average molecular weight is 468 g/mol. The smallest absolute Gasteiger partial charge is 0.416 e. The van der Waals surface area contributed by atoms with Gasteiger partial charge in [0.25, 0.3) is 0 Å². The van der Waals surface area contributed by atoms with Crippen molar-refractivity contribution in [2.45, 2.75) is 66.5 Å². The van der Waals surface area contributed by atoms with E-state index in [0.717, 1.165) is 36.7 Å². The molecule has 32 heavy (non-hydrogen) atoms. The molecular formula is C22H24F3N3O3S. The zero-order valence-corrected chi connectivity index (χ0v) is 18.1. The number of hydrogen-bond donors (Lipinski definition) is 0. The number of nitrogens with zero attached hydrogens (tertiary/aromatic N) is 3. The molecule has 1 aromatic carbocycles. The van der Waals surface area contributed by atoms with Gasteiger partial charge in [-0.3, -0.25) is 9.88 Å². The number of fused-ring (bicyclic) bond motifs is 1. The fourth-order valence-corrected chi connectivity index (χ4v) is 6.58. The molecule has 1 saturated carbocycles.